The molecule has 0 unspecified atom stereocenters. The topological polar surface area (TPSA) is 54.0 Å². The summed E-state index contributed by atoms with van der Waals surface area (Å²) in [5, 5.41) is 6.20. The largest absolute Gasteiger partial charge is 0.384 e. The molecule has 0 saturated heterocycles. The van der Waals surface area contributed by atoms with Crippen molar-refractivity contribution in [2.75, 3.05) is 18.4 Å². The molecular weight excluding hydrogens is 262 g/mol. The summed E-state index contributed by atoms with van der Waals surface area (Å²) >= 11 is 0. The molecule has 4 nitrogen and oxygen atoms in total. The van der Waals surface area contributed by atoms with Crippen molar-refractivity contribution in [2.24, 2.45) is 11.8 Å². The molecule has 4 heteroatoms. The second-order valence-electron chi connectivity index (χ2n) is 5.97. The summed E-state index contributed by atoms with van der Waals surface area (Å²) in [7, 11) is 0. The number of anilines is 1. The molecule has 1 heterocycles. The van der Waals surface area contributed by atoms with Gasteiger partial charge in [0.1, 0.15) is 5.69 Å². The van der Waals surface area contributed by atoms with Gasteiger partial charge in [0.05, 0.1) is 11.9 Å². The van der Waals surface area contributed by atoms with E-state index in [9.17, 15) is 4.79 Å². The van der Waals surface area contributed by atoms with E-state index < -0.39 is 0 Å². The van der Waals surface area contributed by atoms with Gasteiger partial charge in [-0.3, -0.25) is 4.79 Å². The molecule has 1 amide bonds. The smallest absolute Gasteiger partial charge is 0.269 e. The molecule has 0 aliphatic heterocycles. The fraction of sp³-hybridized carbons (Fsp3) is 0.647. The number of nitrogens with zero attached hydrogens (tertiary/aromatic N) is 1. The Kier molecular flexibility index (Phi) is 6.03. The molecule has 2 rings (SSSR count). The third-order valence-electron chi connectivity index (χ3n) is 4.47. The van der Waals surface area contributed by atoms with E-state index >= 15 is 0 Å². The van der Waals surface area contributed by atoms with Gasteiger partial charge >= 0.3 is 0 Å². The number of carbonyl (C=O) groups excluding carboxylic acids is 1. The number of rotatable bonds is 6. The van der Waals surface area contributed by atoms with Crippen molar-refractivity contribution in [1.29, 1.82) is 0 Å². The number of aromatic nitrogens is 1. The molecule has 1 aromatic heterocycles. The van der Waals surface area contributed by atoms with Crippen molar-refractivity contribution in [3.05, 3.63) is 24.0 Å². The van der Waals surface area contributed by atoms with Crippen molar-refractivity contribution in [1.82, 2.24) is 10.3 Å². The molecule has 1 aromatic rings. The minimum Gasteiger partial charge on any atom is -0.384 e. The summed E-state index contributed by atoms with van der Waals surface area (Å²) in [5.41, 5.74) is 1.45. The van der Waals surface area contributed by atoms with Gasteiger partial charge in [-0.15, -0.1) is 0 Å². The summed E-state index contributed by atoms with van der Waals surface area (Å²) in [6, 6.07) is 3.68. The molecule has 0 atom stereocenters. The molecule has 1 aliphatic rings. The lowest BCUT2D eigenvalue weighted by Crippen LogP contribution is -2.31. The highest BCUT2D eigenvalue weighted by molar-refractivity contribution is 5.92. The van der Waals surface area contributed by atoms with E-state index in [1.807, 2.05) is 13.0 Å². The molecule has 0 spiro atoms. The standard InChI is InChI=1S/C17H27N3O/c1-3-13-5-7-14(8-6-13)11-20-17(21)16-10-9-15(12-19-16)18-4-2/h9-10,12-14,18H,3-8,11H2,1-2H3,(H,20,21). The molecule has 1 fully saturated rings. The van der Waals surface area contributed by atoms with Crippen LogP contribution in [0.4, 0.5) is 5.69 Å². The molecule has 116 valence electrons. The Balaban J connectivity index is 1.76. The molecule has 0 aromatic carbocycles. The van der Waals surface area contributed by atoms with Crippen LogP contribution < -0.4 is 10.6 Å². The summed E-state index contributed by atoms with van der Waals surface area (Å²) in [5.74, 6) is 1.48. The number of pyridine rings is 1. The van der Waals surface area contributed by atoms with Gasteiger partial charge in [-0.05, 0) is 43.7 Å². The van der Waals surface area contributed by atoms with Crippen molar-refractivity contribution in [3.63, 3.8) is 0 Å². The number of hydrogen-bond donors (Lipinski definition) is 2. The highest BCUT2D eigenvalue weighted by atomic mass is 16.1. The number of carbonyl (C=O) groups is 1. The predicted molar refractivity (Wildman–Crippen MR) is 86.5 cm³/mol. The van der Waals surface area contributed by atoms with Gasteiger partial charge in [-0.2, -0.15) is 0 Å². The van der Waals surface area contributed by atoms with Crippen LogP contribution in [-0.4, -0.2) is 24.0 Å². The Morgan fingerprint density at radius 3 is 2.48 bits per heavy atom. The minimum atomic E-state index is -0.0596. The first-order valence-electron chi connectivity index (χ1n) is 8.21. The third-order valence-corrected chi connectivity index (χ3v) is 4.47. The third kappa shape index (κ3) is 4.73. The minimum absolute atomic E-state index is 0.0596. The first-order valence-corrected chi connectivity index (χ1v) is 8.21. The quantitative estimate of drug-likeness (QED) is 0.843. The molecular formula is C17H27N3O. The Hall–Kier alpha value is -1.58. The van der Waals surface area contributed by atoms with E-state index in [1.54, 1.807) is 12.3 Å². The fourth-order valence-electron chi connectivity index (χ4n) is 3.01. The Morgan fingerprint density at radius 1 is 1.19 bits per heavy atom. The zero-order valence-electron chi connectivity index (χ0n) is 13.2. The summed E-state index contributed by atoms with van der Waals surface area (Å²) in [6.45, 7) is 5.95. The van der Waals surface area contributed by atoms with Crippen LogP contribution in [0.3, 0.4) is 0 Å². The second-order valence-corrected chi connectivity index (χ2v) is 5.97. The average Bonchev–Trinajstić information content (AvgIpc) is 2.54. The van der Waals surface area contributed by atoms with Gasteiger partial charge in [0.15, 0.2) is 0 Å². The lowest BCUT2D eigenvalue weighted by Gasteiger charge is -2.27. The van der Waals surface area contributed by atoms with Crippen molar-refractivity contribution >= 4 is 11.6 Å². The van der Waals surface area contributed by atoms with E-state index in [2.05, 4.69) is 22.5 Å². The molecule has 1 saturated carbocycles. The zero-order valence-corrected chi connectivity index (χ0v) is 13.2. The van der Waals surface area contributed by atoms with Gasteiger partial charge in [0, 0.05) is 13.1 Å². The van der Waals surface area contributed by atoms with Crippen LogP contribution in [0.1, 0.15) is 56.4 Å². The molecule has 0 radical (unpaired) electrons. The first-order chi connectivity index (χ1) is 10.2. The van der Waals surface area contributed by atoms with Gasteiger partial charge in [-0.25, -0.2) is 4.98 Å². The van der Waals surface area contributed by atoms with E-state index in [0.717, 1.165) is 24.7 Å². The van der Waals surface area contributed by atoms with Crippen LogP contribution in [0, 0.1) is 11.8 Å². The number of nitrogens with one attached hydrogen (secondary N) is 2. The Bertz CT molecular complexity index is 436. The maximum atomic E-state index is 12.1. The summed E-state index contributed by atoms with van der Waals surface area (Å²) in [6.07, 6.45) is 8.11. The Labute approximate surface area is 127 Å². The SMILES string of the molecule is CCNc1ccc(C(=O)NCC2CCC(CC)CC2)nc1. The van der Waals surface area contributed by atoms with Gasteiger partial charge < -0.3 is 10.6 Å². The van der Waals surface area contributed by atoms with Crippen LogP contribution in [0.5, 0.6) is 0 Å². The van der Waals surface area contributed by atoms with Crippen LogP contribution in [0.2, 0.25) is 0 Å². The van der Waals surface area contributed by atoms with Crippen LogP contribution >= 0.6 is 0 Å². The molecule has 2 N–H and O–H groups in total. The molecule has 1 aliphatic carbocycles. The lowest BCUT2D eigenvalue weighted by atomic mass is 9.81. The lowest BCUT2D eigenvalue weighted by molar-refractivity contribution is 0.0936. The monoisotopic (exact) mass is 289 g/mol. The van der Waals surface area contributed by atoms with E-state index in [0.29, 0.717) is 11.6 Å². The average molecular weight is 289 g/mol. The van der Waals surface area contributed by atoms with E-state index in [1.165, 1.54) is 32.1 Å². The highest BCUT2D eigenvalue weighted by Gasteiger charge is 2.20. The maximum absolute atomic E-state index is 12.1. The number of amides is 1. The fourth-order valence-corrected chi connectivity index (χ4v) is 3.01. The summed E-state index contributed by atoms with van der Waals surface area (Å²) < 4.78 is 0. The second kappa shape index (κ2) is 8.01. The van der Waals surface area contributed by atoms with Crippen molar-refractivity contribution in [2.45, 2.75) is 46.0 Å². The van der Waals surface area contributed by atoms with Crippen molar-refractivity contribution < 1.29 is 4.79 Å². The number of hydrogen-bond acceptors (Lipinski definition) is 3. The highest BCUT2D eigenvalue weighted by Crippen LogP contribution is 2.30. The van der Waals surface area contributed by atoms with E-state index in [-0.39, 0.29) is 5.91 Å². The van der Waals surface area contributed by atoms with Crippen LogP contribution in [0.25, 0.3) is 0 Å². The summed E-state index contributed by atoms with van der Waals surface area (Å²) in [4.78, 5) is 16.3. The Morgan fingerprint density at radius 2 is 1.90 bits per heavy atom. The zero-order chi connectivity index (χ0) is 15.1. The van der Waals surface area contributed by atoms with Gasteiger partial charge in [0.2, 0.25) is 0 Å². The van der Waals surface area contributed by atoms with Crippen LogP contribution in [-0.2, 0) is 0 Å². The van der Waals surface area contributed by atoms with Crippen LogP contribution in [0.15, 0.2) is 18.3 Å². The maximum Gasteiger partial charge on any atom is 0.269 e. The molecule has 0 bridgehead atoms. The normalized spacial score (nSPS) is 21.8. The van der Waals surface area contributed by atoms with Gasteiger partial charge in [0.25, 0.3) is 5.91 Å². The van der Waals surface area contributed by atoms with Crippen molar-refractivity contribution in [3.8, 4) is 0 Å². The van der Waals surface area contributed by atoms with Gasteiger partial charge in [-0.1, -0.05) is 26.2 Å². The predicted octanol–water partition coefficient (Wildman–Crippen LogP) is 3.46. The van der Waals surface area contributed by atoms with E-state index in [4.69, 9.17) is 0 Å². The first kappa shape index (κ1) is 15.8. The molecule has 21 heavy (non-hydrogen) atoms.